The zero-order valence-corrected chi connectivity index (χ0v) is 13.1. The highest BCUT2D eigenvalue weighted by atomic mass is 32.1. The second-order valence-corrected chi connectivity index (χ2v) is 5.83. The molecule has 3 nitrogen and oxygen atoms in total. The van der Waals surface area contributed by atoms with Gasteiger partial charge in [-0.3, -0.25) is 0 Å². The summed E-state index contributed by atoms with van der Waals surface area (Å²) < 4.78 is 5.43. The lowest BCUT2D eigenvalue weighted by atomic mass is 9.86. The Morgan fingerprint density at radius 1 is 1.25 bits per heavy atom. The summed E-state index contributed by atoms with van der Waals surface area (Å²) in [6.45, 7) is 4.97. The van der Waals surface area contributed by atoms with E-state index in [1.807, 2.05) is 31.2 Å². The van der Waals surface area contributed by atoms with E-state index in [-0.39, 0.29) is 0 Å². The lowest BCUT2D eigenvalue weighted by Gasteiger charge is -2.30. The average Bonchev–Trinajstić information content (AvgIpc) is 2.44. The van der Waals surface area contributed by atoms with E-state index in [0.29, 0.717) is 23.7 Å². The van der Waals surface area contributed by atoms with Gasteiger partial charge in [0.2, 0.25) is 0 Å². The maximum atomic E-state index is 5.43. The van der Waals surface area contributed by atoms with Gasteiger partial charge in [0.15, 0.2) is 5.11 Å². The molecule has 0 heterocycles. The summed E-state index contributed by atoms with van der Waals surface area (Å²) in [6.07, 6.45) is 5.15. The van der Waals surface area contributed by atoms with Crippen molar-refractivity contribution >= 4 is 23.0 Å². The van der Waals surface area contributed by atoms with E-state index in [1.165, 1.54) is 25.7 Å². The number of hydrogen-bond acceptors (Lipinski definition) is 2. The van der Waals surface area contributed by atoms with Crippen LogP contribution in [-0.4, -0.2) is 17.8 Å². The van der Waals surface area contributed by atoms with Crippen LogP contribution >= 0.6 is 12.2 Å². The molecule has 1 fully saturated rings. The summed E-state index contributed by atoms with van der Waals surface area (Å²) in [7, 11) is 0. The summed E-state index contributed by atoms with van der Waals surface area (Å²) in [5.41, 5.74) is 0.995. The van der Waals surface area contributed by atoms with Crippen molar-refractivity contribution in [3.63, 3.8) is 0 Å². The summed E-state index contributed by atoms with van der Waals surface area (Å²) in [5.74, 6) is 1.58. The molecule has 1 aliphatic carbocycles. The first-order valence-electron chi connectivity index (χ1n) is 7.49. The second kappa shape index (κ2) is 7.48. The first-order chi connectivity index (χ1) is 9.69. The minimum Gasteiger partial charge on any atom is -0.494 e. The zero-order chi connectivity index (χ0) is 14.4. The fraction of sp³-hybridized carbons (Fsp3) is 0.562. The zero-order valence-electron chi connectivity index (χ0n) is 12.3. The van der Waals surface area contributed by atoms with Crippen molar-refractivity contribution in [2.45, 2.75) is 45.6 Å². The summed E-state index contributed by atoms with van der Waals surface area (Å²) in [5, 5.41) is 7.41. The van der Waals surface area contributed by atoms with Gasteiger partial charge in [-0.1, -0.05) is 19.8 Å². The summed E-state index contributed by atoms with van der Waals surface area (Å²) in [6, 6.07) is 8.40. The van der Waals surface area contributed by atoms with E-state index in [4.69, 9.17) is 17.0 Å². The maximum Gasteiger partial charge on any atom is 0.171 e. The fourth-order valence-corrected chi connectivity index (χ4v) is 2.94. The van der Waals surface area contributed by atoms with E-state index in [9.17, 15) is 0 Å². The number of benzene rings is 1. The van der Waals surface area contributed by atoms with Gasteiger partial charge in [0.25, 0.3) is 0 Å². The van der Waals surface area contributed by atoms with Gasteiger partial charge in [0.1, 0.15) is 5.75 Å². The van der Waals surface area contributed by atoms with Crippen molar-refractivity contribution < 1.29 is 4.74 Å². The highest BCUT2D eigenvalue weighted by molar-refractivity contribution is 7.80. The molecule has 1 saturated carbocycles. The van der Waals surface area contributed by atoms with Gasteiger partial charge < -0.3 is 15.4 Å². The van der Waals surface area contributed by atoms with Crippen LogP contribution in [0.3, 0.4) is 0 Å². The molecule has 0 saturated heterocycles. The Kier molecular flexibility index (Phi) is 5.65. The van der Waals surface area contributed by atoms with E-state index in [1.54, 1.807) is 0 Å². The van der Waals surface area contributed by atoms with Crippen molar-refractivity contribution in [3.05, 3.63) is 24.3 Å². The lowest BCUT2D eigenvalue weighted by molar-refractivity contribution is 0.309. The number of nitrogens with one attached hydrogen (secondary N) is 2. The minimum absolute atomic E-state index is 0.506. The molecular weight excluding hydrogens is 268 g/mol. The highest BCUT2D eigenvalue weighted by Crippen LogP contribution is 2.24. The van der Waals surface area contributed by atoms with E-state index < -0.39 is 0 Å². The molecular formula is C16H24N2OS. The maximum absolute atomic E-state index is 5.43. The van der Waals surface area contributed by atoms with Crippen molar-refractivity contribution in [1.29, 1.82) is 0 Å². The fourth-order valence-electron chi connectivity index (χ4n) is 2.67. The summed E-state index contributed by atoms with van der Waals surface area (Å²) >= 11 is 5.40. The van der Waals surface area contributed by atoms with Gasteiger partial charge in [-0.25, -0.2) is 0 Å². The number of thiocarbonyl (C=S) groups is 1. The summed E-state index contributed by atoms with van der Waals surface area (Å²) in [4.78, 5) is 0. The quantitative estimate of drug-likeness (QED) is 0.823. The topological polar surface area (TPSA) is 33.3 Å². The Balaban J connectivity index is 1.84. The van der Waals surface area contributed by atoms with Crippen LogP contribution in [0.15, 0.2) is 24.3 Å². The standard InChI is InChI=1S/C16H24N2OS/c1-3-19-14-10-8-13(9-11-14)17-16(20)18-15-7-5-4-6-12(15)2/h8-12,15H,3-7H2,1-2H3,(H2,17,18,20)/t12-,15-/m0/s1. The highest BCUT2D eigenvalue weighted by Gasteiger charge is 2.21. The molecule has 0 aliphatic heterocycles. The number of hydrogen-bond donors (Lipinski definition) is 2. The van der Waals surface area contributed by atoms with Gasteiger partial charge in [-0.05, 0) is 62.2 Å². The molecule has 0 amide bonds. The first-order valence-corrected chi connectivity index (χ1v) is 7.90. The largest absolute Gasteiger partial charge is 0.494 e. The van der Waals surface area contributed by atoms with Crippen LogP contribution in [-0.2, 0) is 0 Å². The minimum atomic E-state index is 0.506. The molecule has 1 aromatic rings. The predicted molar refractivity (Wildman–Crippen MR) is 88.4 cm³/mol. The van der Waals surface area contributed by atoms with Gasteiger partial charge in [-0.15, -0.1) is 0 Å². The van der Waals surface area contributed by atoms with Crippen molar-refractivity contribution in [2.24, 2.45) is 5.92 Å². The van der Waals surface area contributed by atoms with Gasteiger partial charge in [-0.2, -0.15) is 0 Å². The van der Waals surface area contributed by atoms with Crippen LogP contribution in [0.5, 0.6) is 5.75 Å². The number of anilines is 1. The third-order valence-corrected chi connectivity index (χ3v) is 4.07. The van der Waals surface area contributed by atoms with Crippen LogP contribution in [0.1, 0.15) is 39.5 Å². The molecule has 2 N–H and O–H groups in total. The Labute approximate surface area is 127 Å². The Morgan fingerprint density at radius 2 is 1.95 bits per heavy atom. The van der Waals surface area contributed by atoms with Crippen molar-refractivity contribution in [1.82, 2.24) is 5.32 Å². The smallest absolute Gasteiger partial charge is 0.171 e. The lowest BCUT2D eigenvalue weighted by Crippen LogP contribution is -2.43. The SMILES string of the molecule is CCOc1ccc(NC(=S)N[C@H]2CCCC[C@@H]2C)cc1. The van der Waals surface area contributed by atoms with E-state index in [2.05, 4.69) is 17.6 Å². The Hall–Kier alpha value is -1.29. The Morgan fingerprint density at radius 3 is 2.60 bits per heavy atom. The van der Waals surface area contributed by atoms with Crippen LogP contribution in [0, 0.1) is 5.92 Å². The van der Waals surface area contributed by atoms with Gasteiger partial charge in [0.05, 0.1) is 6.61 Å². The molecule has 110 valence electrons. The molecule has 20 heavy (non-hydrogen) atoms. The van der Waals surface area contributed by atoms with Crippen LogP contribution < -0.4 is 15.4 Å². The number of rotatable bonds is 4. The normalized spacial score (nSPS) is 22.1. The monoisotopic (exact) mass is 292 g/mol. The first kappa shape index (κ1) is 15.1. The van der Waals surface area contributed by atoms with Crippen LogP contribution in [0.25, 0.3) is 0 Å². The molecule has 2 rings (SSSR count). The molecule has 1 aromatic carbocycles. The molecule has 0 radical (unpaired) electrons. The second-order valence-electron chi connectivity index (χ2n) is 5.42. The third kappa shape index (κ3) is 4.37. The average molecular weight is 292 g/mol. The van der Waals surface area contributed by atoms with Gasteiger partial charge in [0, 0.05) is 11.7 Å². The van der Waals surface area contributed by atoms with Crippen LogP contribution in [0.4, 0.5) is 5.69 Å². The Bertz CT molecular complexity index is 433. The molecule has 0 spiro atoms. The molecule has 1 aliphatic rings. The molecule has 0 aromatic heterocycles. The molecule has 4 heteroatoms. The molecule has 0 unspecified atom stereocenters. The molecule has 0 bridgehead atoms. The predicted octanol–water partition coefficient (Wildman–Crippen LogP) is 3.95. The van der Waals surface area contributed by atoms with Crippen molar-refractivity contribution in [2.75, 3.05) is 11.9 Å². The molecule has 2 atom stereocenters. The van der Waals surface area contributed by atoms with Crippen molar-refractivity contribution in [3.8, 4) is 5.75 Å². The number of ether oxygens (including phenoxy) is 1. The van der Waals surface area contributed by atoms with E-state index >= 15 is 0 Å². The third-order valence-electron chi connectivity index (χ3n) is 3.85. The van der Waals surface area contributed by atoms with Crippen LogP contribution in [0.2, 0.25) is 0 Å². The van der Waals surface area contributed by atoms with Gasteiger partial charge >= 0.3 is 0 Å². The van der Waals surface area contributed by atoms with E-state index in [0.717, 1.165) is 11.4 Å².